The molecule has 1 heterocycles. The van der Waals surface area contributed by atoms with Crippen molar-refractivity contribution in [3.05, 3.63) is 88.7 Å². The van der Waals surface area contributed by atoms with Gasteiger partial charge >= 0.3 is 0 Å². The minimum atomic E-state index is -0.510. The first-order chi connectivity index (χ1) is 18.8. The average molecular weight is 532 g/mol. The molecule has 0 atom stereocenters. The van der Waals surface area contributed by atoms with E-state index in [1.165, 1.54) is 19.2 Å². The number of hydrogen-bond acceptors (Lipinski definition) is 4. The molecule has 1 saturated heterocycles. The Kier molecular flexibility index (Phi) is 8.96. The van der Waals surface area contributed by atoms with E-state index in [0.717, 1.165) is 42.1 Å². The minimum Gasteiger partial charge on any atom is -0.496 e. The molecule has 0 aliphatic carbocycles. The summed E-state index contributed by atoms with van der Waals surface area (Å²) < 4.78 is 18.8. The third-order valence-corrected chi connectivity index (χ3v) is 7.05. The molecule has 3 aromatic rings. The highest BCUT2D eigenvalue weighted by Crippen LogP contribution is 2.30. The molecule has 0 unspecified atom stereocenters. The van der Waals surface area contributed by atoms with E-state index in [1.807, 2.05) is 49.1 Å². The van der Waals surface area contributed by atoms with E-state index in [0.29, 0.717) is 42.4 Å². The molecule has 8 heteroatoms. The average Bonchev–Trinajstić information content (AvgIpc) is 2.94. The molecule has 3 aromatic carbocycles. The SMILES string of the molecule is CCCC(=O)Nc1ccc(C(=O)N2CCC(c3ccc(NC(=O)c4cc(F)ccc4OC)cc3)CC2)cc1C. The van der Waals surface area contributed by atoms with Crippen molar-refractivity contribution in [3.8, 4) is 5.75 Å². The van der Waals surface area contributed by atoms with Gasteiger partial charge < -0.3 is 20.3 Å². The Morgan fingerprint density at radius 3 is 2.33 bits per heavy atom. The number of anilines is 2. The van der Waals surface area contributed by atoms with Crippen molar-refractivity contribution < 1.29 is 23.5 Å². The molecule has 1 aliphatic heterocycles. The van der Waals surface area contributed by atoms with Gasteiger partial charge in [0.25, 0.3) is 11.8 Å². The van der Waals surface area contributed by atoms with Crippen molar-refractivity contribution in [3.63, 3.8) is 0 Å². The predicted molar refractivity (Wildman–Crippen MR) is 150 cm³/mol. The number of carbonyl (C=O) groups is 3. The summed E-state index contributed by atoms with van der Waals surface area (Å²) in [5.74, 6) is -0.379. The van der Waals surface area contributed by atoms with Crippen molar-refractivity contribution in [1.82, 2.24) is 4.90 Å². The Labute approximate surface area is 228 Å². The number of benzene rings is 3. The Morgan fingerprint density at radius 1 is 0.974 bits per heavy atom. The van der Waals surface area contributed by atoms with E-state index in [9.17, 15) is 18.8 Å². The van der Waals surface area contributed by atoms with Gasteiger partial charge in [0.05, 0.1) is 12.7 Å². The van der Waals surface area contributed by atoms with E-state index in [2.05, 4.69) is 10.6 Å². The number of methoxy groups -OCH3 is 1. The molecule has 39 heavy (non-hydrogen) atoms. The number of hydrogen-bond donors (Lipinski definition) is 2. The van der Waals surface area contributed by atoms with Crippen molar-refractivity contribution in [2.24, 2.45) is 0 Å². The zero-order chi connectivity index (χ0) is 27.9. The highest BCUT2D eigenvalue weighted by Gasteiger charge is 2.25. The van der Waals surface area contributed by atoms with Crippen LogP contribution in [-0.2, 0) is 4.79 Å². The Balaban J connectivity index is 1.33. The lowest BCUT2D eigenvalue weighted by atomic mass is 9.89. The normalized spacial score (nSPS) is 13.6. The van der Waals surface area contributed by atoms with E-state index >= 15 is 0 Å². The van der Waals surface area contributed by atoms with Gasteiger partial charge in [0.15, 0.2) is 0 Å². The number of rotatable bonds is 8. The molecule has 0 saturated carbocycles. The second kappa shape index (κ2) is 12.6. The maximum absolute atomic E-state index is 13.6. The lowest BCUT2D eigenvalue weighted by molar-refractivity contribution is -0.116. The van der Waals surface area contributed by atoms with E-state index < -0.39 is 11.7 Å². The first kappa shape index (κ1) is 27.8. The summed E-state index contributed by atoms with van der Waals surface area (Å²) in [7, 11) is 1.44. The number of nitrogens with zero attached hydrogens (tertiary/aromatic N) is 1. The van der Waals surface area contributed by atoms with Gasteiger partial charge in [0.2, 0.25) is 5.91 Å². The predicted octanol–water partition coefficient (Wildman–Crippen LogP) is 6.15. The number of nitrogens with one attached hydrogen (secondary N) is 2. The van der Waals surface area contributed by atoms with E-state index in [4.69, 9.17) is 4.74 Å². The van der Waals surface area contributed by atoms with Gasteiger partial charge in [-0.25, -0.2) is 4.39 Å². The van der Waals surface area contributed by atoms with Gasteiger partial charge in [-0.05, 0) is 91.8 Å². The maximum Gasteiger partial charge on any atom is 0.259 e. The summed E-state index contributed by atoms with van der Waals surface area (Å²) in [6.07, 6.45) is 2.92. The molecular formula is C31H34FN3O4. The van der Waals surface area contributed by atoms with Crippen LogP contribution in [0.4, 0.5) is 15.8 Å². The van der Waals surface area contributed by atoms with Gasteiger partial charge in [0.1, 0.15) is 11.6 Å². The number of likely N-dealkylation sites (tertiary alicyclic amines) is 1. The molecule has 7 nitrogen and oxygen atoms in total. The van der Waals surface area contributed by atoms with Crippen molar-refractivity contribution in [1.29, 1.82) is 0 Å². The summed E-state index contributed by atoms with van der Waals surface area (Å²) in [5.41, 5.74) is 4.10. The van der Waals surface area contributed by atoms with E-state index in [1.54, 1.807) is 12.1 Å². The van der Waals surface area contributed by atoms with Gasteiger partial charge in [0, 0.05) is 36.4 Å². The van der Waals surface area contributed by atoms with Crippen LogP contribution in [0.3, 0.4) is 0 Å². The first-order valence-corrected chi connectivity index (χ1v) is 13.2. The fourth-order valence-corrected chi connectivity index (χ4v) is 4.87. The molecule has 4 rings (SSSR count). The molecule has 2 N–H and O–H groups in total. The second-order valence-corrected chi connectivity index (χ2v) is 9.82. The molecule has 0 radical (unpaired) electrons. The lowest BCUT2D eigenvalue weighted by Gasteiger charge is -2.32. The van der Waals surface area contributed by atoms with Crippen molar-refractivity contribution in [2.75, 3.05) is 30.8 Å². The van der Waals surface area contributed by atoms with Crippen molar-refractivity contribution >= 4 is 29.1 Å². The zero-order valence-electron chi connectivity index (χ0n) is 22.6. The molecule has 0 spiro atoms. The molecule has 0 bridgehead atoms. The van der Waals surface area contributed by atoms with Gasteiger partial charge in [-0.2, -0.15) is 0 Å². The first-order valence-electron chi connectivity index (χ1n) is 13.2. The number of aryl methyl sites for hydroxylation is 1. The van der Waals surface area contributed by atoms with E-state index in [-0.39, 0.29) is 17.4 Å². The topological polar surface area (TPSA) is 87.7 Å². The number of carbonyl (C=O) groups excluding carboxylic acids is 3. The van der Waals surface area contributed by atoms with Crippen LogP contribution in [0, 0.1) is 12.7 Å². The van der Waals surface area contributed by atoms with Crippen LogP contribution >= 0.6 is 0 Å². The highest BCUT2D eigenvalue weighted by molar-refractivity contribution is 6.06. The van der Waals surface area contributed by atoms with Crippen LogP contribution in [-0.4, -0.2) is 42.8 Å². The fraction of sp³-hybridized carbons (Fsp3) is 0.323. The highest BCUT2D eigenvalue weighted by atomic mass is 19.1. The van der Waals surface area contributed by atoms with Crippen LogP contribution in [0.2, 0.25) is 0 Å². The standard InChI is InChI=1S/C31H34FN3O4/c1-4-5-29(36)34-27-12-8-23(18-20(27)2)31(38)35-16-14-22(15-17-35)21-6-10-25(11-7-21)33-30(37)26-19-24(32)9-13-28(26)39-3/h6-13,18-19,22H,4-5,14-17H2,1-3H3,(H,33,37)(H,34,36). The smallest absolute Gasteiger partial charge is 0.259 e. The third kappa shape index (κ3) is 6.82. The summed E-state index contributed by atoms with van der Waals surface area (Å²) in [6.45, 7) is 5.15. The molecule has 1 aliphatic rings. The van der Waals surface area contributed by atoms with Crippen LogP contribution in [0.25, 0.3) is 0 Å². The quantitative estimate of drug-likeness (QED) is 0.365. The summed E-state index contributed by atoms with van der Waals surface area (Å²) >= 11 is 0. The molecule has 204 valence electrons. The number of ether oxygens (including phenoxy) is 1. The van der Waals surface area contributed by atoms with Crippen LogP contribution in [0.15, 0.2) is 60.7 Å². The van der Waals surface area contributed by atoms with Crippen molar-refractivity contribution in [2.45, 2.75) is 45.4 Å². The van der Waals surface area contributed by atoms with Crippen LogP contribution in [0.1, 0.15) is 70.4 Å². The molecular weight excluding hydrogens is 497 g/mol. The van der Waals surface area contributed by atoms with Gasteiger partial charge in [-0.15, -0.1) is 0 Å². The summed E-state index contributed by atoms with van der Waals surface area (Å²) in [4.78, 5) is 39.6. The Hall–Kier alpha value is -4.20. The molecule has 3 amide bonds. The largest absolute Gasteiger partial charge is 0.496 e. The van der Waals surface area contributed by atoms with Gasteiger partial charge in [-0.1, -0.05) is 19.1 Å². The maximum atomic E-state index is 13.6. The van der Waals surface area contributed by atoms with Gasteiger partial charge in [-0.3, -0.25) is 14.4 Å². The summed E-state index contributed by atoms with van der Waals surface area (Å²) in [6, 6.07) is 16.9. The zero-order valence-corrected chi connectivity index (χ0v) is 22.6. The number of halogens is 1. The molecule has 1 fully saturated rings. The number of amides is 3. The third-order valence-electron chi connectivity index (χ3n) is 7.05. The van der Waals surface area contributed by atoms with Crippen LogP contribution in [0.5, 0.6) is 5.75 Å². The lowest BCUT2D eigenvalue weighted by Crippen LogP contribution is -2.38. The monoisotopic (exact) mass is 531 g/mol. The number of piperidine rings is 1. The minimum absolute atomic E-state index is 0.00572. The fourth-order valence-electron chi connectivity index (χ4n) is 4.87. The second-order valence-electron chi connectivity index (χ2n) is 9.82. The Morgan fingerprint density at radius 2 is 1.69 bits per heavy atom. The molecule has 0 aromatic heterocycles. The summed E-state index contributed by atoms with van der Waals surface area (Å²) in [5, 5.41) is 5.70. The van der Waals surface area contributed by atoms with Crippen LogP contribution < -0.4 is 15.4 Å². The Bertz CT molecular complexity index is 1350.